The zero-order valence-electron chi connectivity index (χ0n) is 10.2. The van der Waals surface area contributed by atoms with Crippen LogP contribution in [0.2, 0.25) is 0 Å². The number of rotatable bonds is 5. The molecule has 1 N–H and O–H groups in total. The van der Waals surface area contributed by atoms with Crippen LogP contribution in [0.3, 0.4) is 0 Å². The van der Waals surface area contributed by atoms with E-state index < -0.39 is 12.8 Å². The number of alkyl halides is 3. The summed E-state index contributed by atoms with van der Waals surface area (Å²) >= 11 is 1.39. The summed E-state index contributed by atoms with van der Waals surface area (Å²) in [6, 6.07) is 7.95. The molecular weight excluding hydrogens is 294 g/mol. The number of hydrogen-bond acceptors (Lipinski definition) is 3. The third-order valence-electron chi connectivity index (χ3n) is 2.43. The average molecular weight is 305 g/mol. The third-order valence-corrected chi connectivity index (χ3v) is 3.33. The highest BCUT2D eigenvalue weighted by Crippen LogP contribution is 2.28. The van der Waals surface area contributed by atoms with Gasteiger partial charge in [-0.15, -0.1) is 11.3 Å². The fraction of sp³-hybridized carbons (Fsp3) is 0.231. The normalized spacial score (nSPS) is 11.8. The summed E-state index contributed by atoms with van der Waals surface area (Å²) in [6.45, 7) is -1.30. The van der Waals surface area contributed by atoms with E-state index in [1.165, 1.54) is 23.5 Å². The van der Waals surface area contributed by atoms with Crippen LogP contribution in [-0.4, -0.2) is 12.8 Å². The van der Waals surface area contributed by atoms with Crippen LogP contribution in [0.25, 0.3) is 10.4 Å². The number of hydroxylamine groups is 1. The van der Waals surface area contributed by atoms with Gasteiger partial charge in [0.05, 0.1) is 0 Å². The topological polar surface area (TPSA) is 21.3 Å². The molecule has 0 bridgehead atoms. The van der Waals surface area contributed by atoms with E-state index in [1.54, 1.807) is 18.2 Å². The van der Waals surface area contributed by atoms with Crippen molar-refractivity contribution in [1.29, 1.82) is 0 Å². The molecule has 0 unspecified atom stereocenters. The van der Waals surface area contributed by atoms with Crippen molar-refractivity contribution in [2.24, 2.45) is 0 Å². The van der Waals surface area contributed by atoms with Crippen LogP contribution < -0.4 is 5.48 Å². The molecule has 0 aliphatic heterocycles. The van der Waals surface area contributed by atoms with E-state index >= 15 is 0 Å². The zero-order chi connectivity index (χ0) is 14.6. The lowest BCUT2D eigenvalue weighted by molar-refractivity contribution is -0.190. The molecule has 0 saturated carbocycles. The van der Waals surface area contributed by atoms with E-state index in [-0.39, 0.29) is 12.4 Å². The van der Waals surface area contributed by atoms with Crippen molar-refractivity contribution >= 4 is 11.3 Å². The van der Waals surface area contributed by atoms with Crippen LogP contribution in [0.5, 0.6) is 0 Å². The van der Waals surface area contributed by atoms with Gasteiger partial charge in [-0.25, -0.2) is 4.39 Å². The molecule has 0 aliphatic rings. The number of hydrogen-bond donors (Lipinski definition) is 1. The molecule has 7 heteroatoms. The Morgan fingerprint density at radius 3 is 2.65 bits per heavy atom. The highest BCUT2D eigenvalue weighted by atomic mass is 32.1. The van der Waals surface area contributed by atoms with Crippen molar-refractivity contribution in [3.05, 3.63) is 47.1 Å². The molecule has 0 fully saturated rings. The van der Waals surface area contributed by atoms with E-state index in [0.717, 1.165) is 4.88 Å². The summed E-state index contributed by atoms with van der Waals surface area (Å²) in [5.74, 6) is -0.368. The summed E-state index contributed by atoms with van der Waals surface area (Å²) in [7, 11) is 0. The van der Waals surface area contributed by atoms with Crippen LogP contribution in [-0.2, 0) is 11.4 Å². The van der Waals surface area contributed by atoms with Crippen molar-refractivity contribution in [3.63, 3.8) is 0 Å². The Morgan fingerprint density at radius 1 is 1.20 bits per heavy atom. The van der Waals surface area contributed by atoms with Crippen LogP contribution in [0, 0.1) is 5.82 Å². The van der Waals surface area contributed by atoms with Crippen molar-refractivity contribution in [2.75, 3.05) is 6.61 Å². The van der Waals surface area contributed by atoms with Gasteiger partial charge in [-0.3, -0.25) is 4.84 Å². The van der Waals surface area contributed by atoms with Gasteiger partial charge in [0, 0.05) is 17.0 Å². The third kappa shape index (κ3) is 4.29. The fourth-order valence-corrected chi connectivity index (χ4v) is 2.31. The SMILES string of the molecule is Fc1ccc(CNOCC(F)(F)F)cc1-c1cccs1. The highest BCUT2D eigenvalue weighted by Gasteiger charge is 2.27. The molecule has 0 aliphatic carbocycles. The molecule has 0 atom stereocenters. The first-order chi connectivity index (χ1) is 9.46. The smallest absolute Gasteiger partial charge is 0.292 e. The molecule has 108 valence electrons. The molecule has 2 nitrogen and oxygen atoms in total. The van der Waals surface area contributed by atoms with Gasteiger partial charge in [0.1, 0.15) is 5.82 Å². The van der Waals surface area contributed by atoms with Crippen LogP contribution in [0.4, 0.5) is 17.6 Å². The van der Waals surface area contributed by atoms with E-state index in [4.69, 9.17) is 0 Å². The largest absolute Gasteiger partial charge is 0.413 e. The van der Waals surface area contributed by atoms with Crippen molar-refractivity contribution < 1.29 is 22.4 Å². The lowest BCUT2D eigenvalue weighted by atomic mass is 10.1. The van der Waals surface area contributed by atoms with E-state index in [9.17, 15) is 17.6 Å². The predicted molar refractivity (Wildman–Crippen MR) is 68.6 cm³/mol. The van der Waals surface area contributed by atoms with Crippen LogP contribution in [0.15, 0.2) is 35.7 Å². The van der Waals surface area contributed by atoms with Crippen molar-refractivity contribution in [1.82, 2.24) is 5.48 Å². The summed E-state index contributed by atoms with van der Waals surface area (Å²) in [5, 5.41) is 1.83. The Balaban J connectivity index is 1.98. The second-order valence-corrected chi connectivity index (χ2v) is 4.96. The van der Waals surface area contributed by atoms with Gasteiger partial charge in [0.15, 0.2) is 6.61 Å². The summed E-state index contributed by atoms with van der Waals surface area (Å²) in [4.78, 5) is 5.06. The molecule has 20 heavy (non-hydrogen) atoms. The zero-order valence-corrected chi connectivity index (χ0v) is 11.0. The summed E-state index contributed by atoms with van der Waals surface area (Å²) in [6.07, 6.45) is -4.38. The maximum atomic E-state index is 13.7. The first kappa shape index (κ1) is 15.0. The van der Waals surface area contributed by atoms with Gasteiger partial charge in [0.25, 0.3) is 0 Å². The summed E-state index contributed by atoms with van der Waals surface area (Å²) < 4.78 is 49.3. The molecular formula is C13H11F4NOS. The maximum Gasteiger partial charge on any atom is 0.413 e. The van der Waals surface area contributed by atoms with Gasteiger partial charge in [0.2, 0.25) is 0 Å². The number of thiophene rings is 1. The maximum absolute atomic E-state index is 13.7. The number of nitrogens with one attached hydrogen (secondary N) is 1. The Kier molecular flexibility index (Phi) is 4.74. The van der Waals surface area contributed by atoms with Gasteiger partial charge >= 0.3 is 6.18 Å². The summed E-state index contributed by atoms with van der Waals surface area (Å²) in [5.41, 5.74) is 3.27. The number of halogens is 4. The first-order valence-electron chi connectivity index (χ1n) is 5.69. The molecule has 1 aromatic carbocycles. The molecule has 1 aromatic heterocycles. The van der Waals surface area contributed by atoms with Gasteiger partial charge in [-0.2, -0.15) is 18.7 Å². The van der Waals surface area contributed by atoms with Crippen LogP contribution >= 0.6 is 11.3 Å². The van der Waals surface area contributed by atoms with Gasteiger partial charge in [-0.1, -0.05) is 12.1 Å². The minimum atomic E-state index is -4.38. The van der Waals surface area contributed by atoms with Gasteiger partial charge in [-0.05, 0) is 29.1 Å². The molecule has 0 amide bonds. The Morgan fingerprint density at radius 2 is 2.00 bits per heavy atom. The molecule has 0 saturated heterocycles. The number of benzene rings is 1. The second kappa shape index (κ2) is 6.34. The predicted octanol–water partition coefficient (Wildman–Crippen LogP) is 4.14. The molecule has 0 spiro atoms. The standard InChI is InChI=1S/C13H11F4NOS/c14-11-4-3-9(7-18-19-8-13(15,16)17)6-10(11)12-2-1-5-20-12/h1-6,18H,7-8H2. The Labute approximate surface area is 117 Å². The minimum absolute atomic E-state index is 0.0642. The lowest BCUT2D eigenvalue weighted by Gasteiger charge is -2.09. The highest BCUT2D eigenvalue weighted by molar-refractivity contribution is 7.13. The molecule has 0 radical (unpaired) electrons. The second-order valence-electron chi connectivity index (χ2n) is 4.02. The minimum Gasteiger partial charge on any atom is -0.292 e. The Bertz CT molecular complexity index is 554. The average Bonchev–Trinajstić information content (AvgIpc) is 2.89. The van der Waals surface area contributed by atoms with Gasteiger partial charge < -0.3 is 0 Å². The van der Waals surface area contributed by atoms with E-state index in [1.807, 2.05) is 5.38 Å². The van der Waals surface area contributed by atoms with Crippen molar-refractivity contribution in [2.45, 2.75) is 12.7 Å². The fourth-order valence-electron chi connectivity index (χ4n) is 1.57. The molecule has 1 heterocycles. The first-order valence-corrected chi connectivity index (χ1v) is 6.57. The van der Waals surface area contributed by atoms with Crippen LogP contribution in [0.1, 0.15) is 5.56 Å². The lowest BCUT2D eigenvalue weighted by Crippen LogP contribution is -2.24. The van der Waals surface area contributed by atoms with E-state index in [0.29, 0.717) is 11.1 Å². The van der Waals surface area contributed by atoms with Crippen molar-refractivity contribution in [3.8, 4) is 10.4 Å². The molecule has 2 rings (SSSR count). The van der Waals surface area contributed by atoms with E-state index in [2.05, 4.69) is 10.3 Å². The molecule has 2 aromatic rings. The Hall–Kier alpha value is -1.44. The monoisotopic (exact) mass is 305 g/mol. The quantitative estimate of drug-likeness (QED) is 0.509.